The van der Waals surface area contributed by atoms with Crippen molar-refractivity contribution >= 4 is 11.7 Å². The van der Waals surface area contributed by atoms with Gasteiger partial charge in [-0.15, -0.1) is 0 Å². The van der Waals surface area contributed by atoms with Crippen LogP contribution in [0.25, 0.3) is 0 Å². The van der Waals surface area contributed by atoms with Gasteiger partial charge in [-0.25, -0.2) is 4.98 Å². The highest BCUT2D eigenvalue weighted by molar-refractivity contribution is 5.78. The maximum Gasteiger partial charge on any atom is 0.220 e. The number of nitrogens with zero attached hydrogens (tertiary/aromatic N) is 2. The highest BCUT2D eigenvalue weighted by Gasteiger charge is 2.20. The fourth-order valence-electron chi connectivity index (χ4n) is 1.69. The summed E-state index contributed by atoms with van der Waals surface area (Å²) < 4.78 is 0. The zero-order chi connectivity index (χ0) is 11.4. The second-order valence-electron chi connectivity index (χ2n) is 3.70. The lowest BCUT2D eigenvalue weighted by Gasteiger charge is -2.12. The summed E-state index contributed by atoms with van der Waals surface area (Å²) in [5, 5.41) is 14.8. The molecule has 5 nitrogen and oxygen atoms in total. The van der Waals surface area contributed by atoms with Gasteiger partial charge in [0.25, 0.3) is 0 Å². The van der Waals surface area contributed by atoms with Crippen molar-refractivity contribution in [1.82, 2.24) is 10.3 Å². The molecule has 82 valence electrons. The second kappa shape index (κ2) is 4.62. The van der Waals surface area contributed by atoms with E-state index < -0.39 is 0 Å². The molecule has 1 aromatic rings. The molecule has 0 aliphatic carbocycles. The highest BCUT2D eigenvalue weighted by Crippen LogP contribution is 2.11. The quantitative estimate of drug-likeness (QED) is 0.777. The Morgan fingerprint density at radius 2 is 2.56 bits per heavy atom. The molecule has 5 heteroatoms. The topological polar surface area (TPSA) is 77.8 Å². The van der Waals surface area contributed by atoms with Crippen LogP contribution >= 0.6 is 0 Å². The first-order valence-electron chi connectivity index (χ1n) is 5.18. The number of hydrogen-bond donors (Lipinski definition) is 2. The van der Waals surface area contributed by atoms with E-state index in [1.165, 1.54) is 0 Å². The average molecular weight is 216 g/mol. The van der Waals surface area contributed by atoms with E-state index in [2.05, 4.69) is 21.7 Å². The molecule has 0 aromatic carbocycles. The van der Waals surface area contributed by atoms with Gasteiger partial charge in [0.05, 0.1) is 5.56 Å². The van der Waals surface area contributed by atoms with Gasteiger partial charge < -0.3 is 10.6 Å². The van der Waals surface area contributed by atoms with Crippen LogP contribution in [0, 0.1) is 11.3 Å². The third kappa shape index (κ3) is 2.28. The molecular formula is C11H12N4O. The molecule has 1 atom stereocenters. The third-order valence-corrected chi connectivity index (χ3v) is 2.53. The zero-order valence-electron chi connectivity index (χ0n) is 8.73. The molecule has 0 bridgehead atoms. The lowest BCUT2D eigenvalue weighted by molar-refractivity contribution is -0.119. The lowest BCUT2D eigenvalue weighted by Crippen LogP contribution is -2.32. The number of aromatic nitrogens is 1. The summed E-state index contributed by atoms with van der Waals surface area (Å²) in [6.07, 6.45) is 3.05. The van der Waals surface area contributed by atoms with Crippen LogP contribution in [0.5, 0.6) is 0 Å². The van der Waals surface area contributed by atoms with Crippen molar-refractivity contribution in [2.45, 2.75) is 18.9 Å². The predicted molar refractivity (Wildman–Crippen MR) is 58.6 cm³/mol. The summed E-state index contributed by atoms with van der Waals surface area (Å²) in [6.45, 7) is 0.609. The van der Waals surface area contributed by atoms with Gasteiger partial charge in [-0.2, -0.15) is 5.26 Å². The van der Waals surface area contributed by atoms with Gasteiger partial charge in [0.15, 0.2) is 0 Å². The second-order valence-corrected chi connectivity index (χ2v) is 3.70. The summed E-state index contributed by atoms with van der Waals surface area (Å²) >= 11 is 0. The minimum absolute atomic E-state index is 0.0910. The largest absolute Gasteiger partial charge is 0.367 e. The van der Waals surface area contributed by atoms with E-state index in [-0.39, 0.29) is 11.9 Å². The first-order chi connectivity index (χ1) is 7.79. The van der Waals surface area contributed by atoms with Crippen LogP contribution in [-0.2, 0) is 4.79 Å². The van der Waals surface area contributed by atoms with Crippen molar-refractivity contribution in [2.75, 3.05) is 11.9 Å². The van der Waals surface area contributed by atoms with Crippen molar-refractivity contribution in [1.29, 1.82) is 5.26 Å². The standard InChI is InChI=1S/C11H12N4O/c12-6-8-2-1-5-13-11(8)14-7-9-3-4-10(16)15-9/h1-2,5,9H,3-4,7H2,(H,13,14)(H,15,16). The monoisotopic (exact) mass is 216 g/mol. The molecule has 2 rings (SSSR count). The number of pyridine rings is 1. The molecule has 0 radical (unpaired) electrons. The summed E-state index contributed by atoms with van der Waals surface area (Å²) in [6, 6.07) is 5.64. The molecule has 1 amide bonds. The Labute approximate surface area is 93.5 Å². The van der Waals surface area contributed by atoms with Gasteiger partial charge in [0.1, 0.15) is 11.9 Å². The smallest absolute Gasteiger partial charge is 0.220 e. The highest BCUT2D eigenvalue weighted by atomic mass is 16.1. The minimum Gasteiger partial charge on any atom is -0.367 e. The van der Waals surface area contributed by atoms with Crippen molar-refractivity contribution in [3.63, 3.8) is 0 Å². The molecule has 16 heavy (non-hydrogen) atoms. The Balaban J connectivity index is 1.95. The maximum atomic E-state index is 11.0. The molecule has 0 saturated carbocycles. The molecular weight excluding hydrogens is 204 g/mol. The number of hydrogen-bond acceptors (Lipinski definition) is 4. The van der Waals surface area contributed by atoms with E-state index in [1.54, 1.807) is 18.3 Å². The number of rotatable bonds is 3. The van der Waals surface area contributed by atoms with E-state index in [9.17, 15) is 4.79 Å². The van der Waals surface area contributed by atoms with Gasteiger partial charge >= 0.3 is 0 Å². The van der Waals surface area contributed by atoms with Crippen molar-refractivity contribution in [3.05, 3.63) is 23.9 Å². The van der Waals surface area contributed by atoms with Crippen LogP contribution < -0.4 is 10.6 Å². The van der Waals surface area contributed by atoms with E-state index in [4.69, 9.17) is 5.26 Å². The molecule has 0 spiro atoms. The molecule has 1 aliphatic heterocycles. The molecule has 1 saturated heterocycles. The fraction of sp³-hybridized carbons (Fsp3) is 0.364. The SMILES string of the molecule is N#Cc1cccnc1NCC1CCC(=O)N1. The number of nitriles is 1. The van der Waals surface area contributed by atoms with Crippen molar-refractivity contribution < 1.29 is 4.79 Å². The summed E-state index contributed by atoms with van der Waals surface area (Å²) in [5.41, 5.74) is 0.520. The van der Waals surface area contributed by atoms with Crippen LogP contribution in [0.2, 0.25) is 0 Å². The van der Waals surface area contributed by atoms with E-state index in [0.29, 0.717) is 24.3 Å². The van der Waals surface area contributed by atoms with Crippen LogP contribution in [0.15, 0.2) is 18.3 Å². The molecule has 1 unspecified atom stereocenters. The minimum atomic E-state index is 0.0910. The summed E-state index contributed by atoms with van der Waals surface area (Å²) in [5.74, 6) is 0.666. The van der Waals surface area contributed by atoms with Crippen LogP contribution in [-0.4, -0.2) is 23.5 Å². The van der Waals surface area contributed by atoms with Crippen molar-refractivity contribution in [2.24, 2.45) is 0 Å². The first-order valence-corrected chi connectivity index (χ1v) is 5.18. The maximum absolute atomic E-state index is 11.0. The lowest BCUT2D eigenvalue weighted by atomic mass is 10.2. The van der Waals surface area contributed by atoms with E-state index in [1.807, 2.05) is 0 Å². The average Bonchev–Trinajstić information content (AvgIpc) is 2.73. The van der Waals surface area contributed by atoms with Crippen LogP contribution in [0.3, 0.4) is 0 Å². The molecule has 1 fully saturated rings. The molecule has 1 aromatic heterocycles. The number of anilines is 1. The van der Waals surface area contributed by atoms with E-state index >= 15 is 0 Å². The third-order valence-electron chi connectivity index (χ3n) is 2.53. The summed E-state index contributed by atoms with van der Waals surface area (Å²) in [7, 11) is 0. The predicted octanol–water partition coefficient (Wildman–Crippen LogP) is 0.644. The van der Waals surface area contributed by atoms with Gasteiger partial charge in [-0.3, -0.25) is 4.79 Å². The zero-order valence-corrected chi connectivity index (χ0v) is 8.73. The Morgan fingerprint density at radius 3 is 3.25 bits per heavy atom. The van der Waals surface area contributed by atoms with Gasteiger partial charge in [0, 0.05) is 25.2 Å². The Morgan fingerprint density at radius 1 is 1.69 bits per heavy atom. The van der Waals surface area contributed by atoms with Crippen LogP contribution in [0.4, 0.5) is 5.82 Å². The molecule has 2 heterocycles. The number of carbonyl (C=O) groups excluding carboxylic acids is 1. The Bertz CT molecular complexity index is 438. The molecule has 2 N–H and O–H groups in total. The van der Waals surface area contributed by atoms with Crippen molar-refractivity contribution in [3.8, 4) is 6.07 Å². The number of carbonyl (C=O) groups is 1. The molecule has 1 aliphatic rings. The number of nitrogens with one attached hydrogen (secondary N) is 2. The van der Waals surface area contributed by atoms with Gasteiger partial charge in [-0.1, -0.05) is 0 Å². The summed E-state index contributed by atoms with van der Waals surface area (Å²) in [4.78, 5) is 15.1. The van der Waals surface area contributed by atoms with Gasteiger partial charge in [-0.05, 0) is 18.6 Å². The van der Waals surface area contributed by atoms with Gasteiger partial charge in [0.2, 0.25) is 5.91 Å². The number of amides is 1. The Kier molecular flexibility index (Phi) is 3.01. The normalized spacial score (nSPS) is 18.9. The first kappa shape index (κ1) is 10.4. The van der Waals surface area contributed by atoms with Crippen LogP contribution in [0.1, 0.15) is 18.4 Å². The Hall–Kier alpha value is -2.09. The van der Waals surface area contributed by atoms with E-state index in [0.717, 1.165) is 6.42 Å². The fourth-order valence-corrected chi connectivity index (χ4v) is 1.69.